The number of benzene rings is 3. The fourth-order valence-electron chi connectivity index (χ4n) is 3.49. The molecule has 148 valence electrons. The van der Waals surface area contributed by atoms with Crippen LogP contribution in [0.5, 0.6) is 0 Å². The van der Waals surface area contributed by atoms with Gasteiger partial charge in [0.15, 0.2) is 0 Å². The maximum absolute atomic E-state index is 12.9. The van der Waals surface area contributed by atoms with Crippen molar-refractivity contribution in [1.82, 2.24) is 4.90 Å². The molecule has 5 heteroatoms. The van der Waals surface area contributed by atoms with Crippen LogP contribution in [0.1, 0.15) is 10.4 Å². The van der Waals surface area contributed by atoms with Gasteiger partial charge < -0.3 is 20.4 Å². The highest BCUT2D eigenvalue weighted by molar-refractivity contribution is 6.08. The molecule has 2 N–H and O–H groups in total. The Kier molecular flexibility index (Phi) is 5.77. The van der Waals surface area contributed by atoms with Crippen molar-refractivity contribution < 1.29 is 4.79 Å². The molecule has 1 heterocycles. The Labute approximate surface area is 172 Å². The van der Waals surface area contributed by atoms with Crippen LogP contribution in [0.25, 0.3) is 0 Å². The minimum atomic E-state index is -0.128. The molecule has 1 fully saturated rings. The number of hydrogen-bond donors (Lipinski definition) is 2. The van der Waals surface area contributed by atoms with Crippen molar-refractivity contribution in [1.29, 1.82) is 0 Å². The zero-order chi connectivity index (χ0) is 20.1. The SMILES string of the molecule is CN1CCN(c2ccc(NC(=O)c3ccccc3Nc3ccccc3)cc2)CC1. The molecule has 29 heavy (non-hydrogen) atoms. The van der Waals surface area contributed by atoms with Gasteiger partial charge in [-0.1, -0.05) is 30.3 Å². The van der Waals surface area contributed by atoms with Gasteiger partial charge in [0.2, 0.25) is 0 Å². The second-order valence-corrected chi connectivity index (χ2v) is 7.33. The van der Waals surface area contributed by atoms with Crippen LogP contribution in [-0.4, -0.2) is 44.0 Å². The number of likely N-dealkylation sites (N-methyl/N-ethyl adjacent to an activating group) is 1. The maximum atomic E-state index is 12.9. The lowest BCUT2D eigenvalue weighted by Gasteiger charge is -2.34. The van der Waals surface area contributed by atoms with Gasteiger partial charge in [0.05, 0.1) is 11.3 Å². The van der Waals surface area contributed by atoms with Crippen molar-refractivity contribution in [2.75, 3.05) is 48.8 Å². The summed E-state index contributed by atoms with van der Waals surface area (Å²) in [6.07, 6.45) is 0. The third kappa shape index (κ3) is 4.76. The molecule has 0 bridgehead atoms. The number of anilines is 4. The van der Waals surface area contributed by atoms with E-state index in [1.165, 1.54) is 5.69 Å². The van der Waals surface area contributed by atoms with E-state index in [0.717, 1.165) is 43.2 Å². The van der Waals surface area contributed by atoms with Crippen molar-refractivity contribution in [2.24, 2.45) is 0 Å². The van der Waals surface area contributed by atoms with E-state index in [-0.39, 0.29) is 5.91 Å². The van der Waals surface area contributed by atoms with Crippen molar-refractivity contribution >= 4 is 28.7 Å². The number of nitrogens with one attached hydrogen (secondary N) is 2. The van der Waals surface area contributed by atoms with Crippen LogP contribution in [0.2, 0.25) is 0 Å². The molecule has 3 aromatic carbocycles. The third-order valence-electron chi connectivity index (χ3n) is 5.22. The molecular weight excluding hydrogens is 360 g/mol. The monoisotopic (exact) mass is 386 g/mol. The maximum Gasteiger partial charge on any atom is 0.257 e. The molecule has 0 atom stereocenters. The minimum Gasteiger partial charge on any atom is -0.369 e. The Morgan fingerprint density at radius 3 is 2.14 bits per heavy atom. The second kappa shape index (κ2) is 8.80. The number of carbonyl (C=O) groups excluding carboxylic acids is 1. The van der Waals surface area contributed by atoms with Gasteiger partial charge in [-0.15, -0.1) is 0 Å². The van der Waals surface area contributed by atoms with E-state index in [9.17, 15) is 4.79 Å². The van der Waals surface area contributed by atoms with E-state index in [2.05, 4.69) is 39.6 Å². The normalized spacial score (nSPS) is 14.4. The first-order chi connectivity index (χ1) is 14.2. The lowest BCUT2D eigenvalue weighted by Crippen LogP contribution is -2.44. The summed E-state index contributed by atoms with van der Waals surface area (Å²) < 4.78 is 0. The summed E-state index contributed by atoms with van der Waals surface area (Å²) in [4.78, 5) is 17.6. The van der Waals surface area contributed by atoms with E-state index in [0.29, 0.717) is 5.56 Å². The van der Waals surface area contributed by atoms with Crippen LogP contribution in [0.15, 0.2) is 78.9 Å². The summed E-state index contributed by atoms with van der Waals surface area (Å²) in [5.41, 5.74) is 4.33. The zero-order valence-electron chi connectivity index (χ0n) is 16.6. The topological polar surface area (TPSA) is 47.6 Å². The number of piperazine rings is 1. The number of carbonyl (C=O) groups is 1. The molecular formula is C24H26N4O. The second-order valence-electron chi connectivity index (χ2n) is 7.33. The highest BCUT2D eigenvalue weighted by atomic mass is 16.1. The van der Waals surface area contributed by atoms with Crippen LogP contribution in [0, 0.1) is 0 Å². The number of rotatable bonds is 5. The van der Waals surface area contributed by atoms with Crippen LogP contribution in [0.4, 0.5) is 22.7 Å². The molecule has 0 spiro atoms. The third-order valence-corrected chi connectivity index (χ3v) is 5.22. The molecule has 0 radical (unpaired) electrons. The molecule has 3 aromatic rings. The Hall–Kier alpha value is -3.31. The van der Waals surface area contributed by atoms with Crippen molar-refractivity contribution in [3.63, 3.8) is 0 Å². The predicted octanol–water partition coefficient (Wildman–Crippen LogP) is 4.43. The van der Waals surface area contributed by atoms with Gasteiger partial charge in [0, 0.05) is 43.2 Å². The van der Waals surface area contributed by atoms with Gasteiger partial charge in [-0.2, -0.15) is 0 Å². The average molecular weight is 386 g/mol. The molecule has 0 aliphatic carbocycles. The first-order valence-electron chi connectivity index (χ1n) is 9.95. The molecule has 0 saturated carbocycles. The zero-order valence-corrected chi connectivity index (χ0v) is 16.6. The Morgan fingerprint density at radius 1 is 0.759 bits per heavy atom. The molecule has 5 nitrogen and oxygen atoms in total. The lowest BCUT2D eigenvalue weighted by atomic mass is 10.1. The summed E-state index contributed by atoms with van der Waals surface area (Å²) >= 11 is 0. The minimum absolute atomic E-state index is 0.128. The van der Waals surface area contributed by atoms with E-state index < -0.39 is 0 Å². The lowest BCUT2D eigenvalue weighted by molar-refractivity contribution is 0.102. The summed E-state index contributed by atoms with van der Waals surface area (Å²) in [5.74, 6) is -0.128. The van der Waals surface area contributed by atoms with Crippen LogP contribution >= 0.6 is 0 Å². The van der Waals surface area contributed by atoms with Gasteiger partial charge in [-0.25, -0.2) is 0 Å². The van der Waals surface area contributed by atoms with Crippen LogP contribution in [-0.2, 0) is 0 Å². The summed E-state index contributed by atoms with van der Waals surface area (Å²) in [6.45, 7) is 4.20. The van der Waals surface area contributed by atoms with E-state index in [4.69, 9.17) is 0 Å². The average Bonchev–Trinajstić information content (AvgIpc) is 2.76. The number of hydrogen-bond acceptors (Lipinski definition) is 4. The summed E-state index contributed by atoms with van der Waals surface area (Å²) in [5, 5.41) is 6.34. The molecule has 0 aromatic heterocycles. The molecule has 1 amide bonds. The molecule has 1 saturated heterocycles. The smallest absolute Gasteiger partial charge is 0.257 e. The van der Waals surface area contributed by atoms with Gasteiger partial charge in [0.1, 0.15) is 0 Å². The fraction of sp³-hybridized carbons (Fsp3) is 0.208. The fourth-order valence-corrected chi connectivity index (χ4v) is 3.49. The molecule has 1 aliphatic heterocycles. The quantitative estimate of drug-likeness (QED) is 0.681. The van der Waals surface area contributed by atoms with E-state index in [1.54, 1.807) is 0 Å². The molecule has 4 rings (SSSR count). The van der Waals surface area contributed by atoms with E-state index >= 15 is 0 Å². The van der Waals surface area contributed by atoms with Gasteiger partial charge in [0.25, 0.3) is 5.91 Å². The Balaban J connectivity index is 1.44. The number of amides is 1. The van der Waals surface area contributed by atoms with Gasteiger partial charge in [-0.05, 0) is 55.6 Å². The highest BCUT2D eigenvalue weighted by Crippen LogP contribution is 2.23. The first kappa shape index (κ1) is 19.0. The molecule has 0 unspecified atom stereocenters. The van der Waals surface area contributed by atoms with Crippen molar-refractivity contribution in [2.45, 2.75) is 0 Å². The van der Waals surface area contributed by atoms with Crippen molar-refractivity contribution in [3.8, 4) is 0 Å². The Morgan fingerprint density at radius 2 is 1.41 bits per heavy atom. The van der Waals surface area contributed by atoms with Crippen LogP contribution < -0.4 is 15.5 Å². The predicted molar refractivity (Wildman–Crippen MR) is 120 cm³/mol. The van der Waals surface area contributed by atoms with E-state index in [1.807, 2.05) is 66.7 Å². The van der Waals surface area contributed by atoms with Gasteiger partial charge in [-0.3, -0.25) is 4.79 Å². The largest absolute Gasteiger partial charge is 0.369 e. The van der Waals surface area contributed by atoms with Crippen LogP contribution in [0.3, 0.4) is 0 Å². The summed E-state index contributed by atoms with van der Waals surface area (Å²) in [7, 11) is 2.15. The Bertz CT molecular complexity index is 948. The summed E-state index contributed by atoms with van der Waals surface area (Å²) in [6, 6.07) is 25.5. The van der Waals surface area contributed by atoms with Gasteiger partial charge >= 0.3 is 0 Å². The number of nitrogens with zero attached hydrogens (tertiary/aromatic N) is 2. The molecule has 1 aliphatic rings. The standard InChI is InChI=1S/C24H26N4O/c1-27-15-17-28(18-16-27)21-13-11-20(12-14-21)26-24(29)22-9-5-6-10-23(22)25-19-7-3-2-4-8-19/h2-14,25H,15-18H2,1H3,(H,26,29). The highest BCUT2D eigenvalue weighted by Gasteiger charge is 2.15. The first-order valence-corrected chi connectivity index (χ1v) is 9.95. The number of para-hydroxylation sites is 2. The van der Waals surface area contributed by atoms with Crippen molar-refractivity contribution in [3.05, 3.63) is 84.4 Å².